The first kappa shape index (κ1) is 25.2. The zero-order chi connectivity index (χ0) is 26.0. The van der Waals surface area contributed by atoms with Crippen molar-refractivity contribution in [2.45, 2.75) is 30.6 Å². The molecule has 11 heteroatoms. The van der Waals surface area contributed by atoms with Gasteiger partial charge in [-0.15, -0.1) is 0 Å². The van der Waals surface area contributed by atoms with Crippen molar-refractivity contribution in [1.29, 1.82) is 0 Å². The molecule has 1 aromatic rings. The van der Waals surface area contributed by atoms with Crippen LogP contribution in [0.15, 0.2) is 35.1 Å². The highest BCUT2D eigenvalue weighted by Crippen LogP contribution is 2.56. The molecule has 4 rings (SSSR count). The number of nitrogens with zero attached hydrogens (tertiary/aromatic N) is 1. The highest BCUT2D eigenvalue weighted by molar-refractivity contribution is 7.99. The van der Waals surface area contributed by atoms with Gasteiger partial charge in [-0.3, -0.25) is 19.3 Å². The van der Waals surface area contributed by atoms with Gasteiger partial charge >= 0.3 is 0 Å². The third kappa shape index (κ3) is 3.33. The van der Waals surface area contributed by atoms with Gasteiger partial charge in [0.25, 0.3) is 5.91 Å². The van der Waals surface area contributed by atoms with Crippen molar-refractivity contribution in [3.8, 4) is 5.75 Å². The number of carbonyl (C=O) groups is 3. The Hall–Kier alpha value is -2.86. The van der Waals surface area contributed by atoms with Crippen LogP contribution in [0.5, 0.6) is 5.75 Å². The Kier molecular flexibility index (Phi) is 6.25. The number of Topliss-reactive ketones (excluding diaryl/α,β-unsaturated/α-hetero) is 2. The molecule has 0 aliphatic heterocycles. The van der Waals surface area contributed by atoms with Crippen molar-refractivity contribution in [3.63, 3.8) is 0 Å². The SMILES string of the molecule is CCSC[C@H]1c2cccc(O)c2C(O)=C2C(=O)[C@]3(O)C(O)=C(C(N)=O)C(=O)[C@@H](N(C)C)C3C(O)C21. The van der Waals surface area contributed by atoms with E-state index in [1.807, 2.05) is 6.92 Å². The standard InChI is InChI=1S/C24H28N2O8S/c1-4-35-8-10-9-6-5-7-11(27)12(9)18(28)14-13(10)19(29)16-17(26(2)3)20(30)15(23(25)33)22(32)24(16,34)21(14)31/h5-7,10,13,16-17,19,27-29,32,34H,4,8H2,1-3H3,(H2,25,33)/t10-,13?,16?,17-,19?,24-/m0/s1. The van der Waals surface area contributed by atoms with Gasteiger partial charge in [0, 0.05) is 23.2 Å². The Morgan fingerprint density at radius 1 is 1.20 bits per heavy atom. The van der Waals surface area contributed by atoms with E-state index in [1.165, 1.54) is 36.8 Å². The molecule has 3 aliphatic rings. The van der Waals surface area contributed by atoms with E-state index < -0.39 is 70.1 Å². The minimum atomic E-state index is -2.91. The molecular weight excluding hydrogens is 476 g/mol. The van der Waals surface area contributed by atoms with Crippen molar-refractivity contribution >= 4 is 35.0 Å². The molecule has 1 amide bonds. The molecule has 6 atom stereocenters. The van der Waals surface area contributed by atoms with Crippen LogP contribution in [0.2, 0.25) is 0 Å². The van der Waals surface area contributed by atoms with E-state index in [0.29, 0.717) is 17.1 Å². The number of rotatable bonds is 5. The van der Waals surface area contributed by atoms with Crippen LogP contribution >= 0.6 is 11.8 Å². The third-order valence-corrected chi connectivity index (χ3v) is 8.30. The van der Waals surface area contributed by atoms with E-state index in [-0.39, 0.29) is 16.9 Å². The number of nitrogens with two attached hydrogens (primary N) is 1. The van der Waals surface area contributed by atoms with Crippen LogP contribution in [0.25, 0.3) is 5.76 Å². The molecule has 0 spiro atoms. The second-order valence-electron chi connectivity index (χ2n) is 9.27. The molecule has 1 saturated carbocycles. The highest BCUT2D eigenvalue weighted by atomic mass is 32.2. The summed E-state index contributed by atoms with van der Waals surface area (Å²) >= 11 is 1.52. The summed E-state index contributed by atoms with van der Waals surface area (Å²) in [5, 5.41) is 55.9. The van der Waals surface area contributed by atoms with Crippen LogP contribution in [0.3, 0.4) is 0 Å². The van der Waals surface area contributed by atoms with Gasteiger partial charge in [-0.1, -0.05) is 19.1 Å². The molecule has 188 valence electrons. The summed E-state index contributed by atoms with van der Waals surface area (Å²) in [6.45, 7) is 1.93. The molecule has 0 bridgehead atoms. The molecular formula is C24H28N2O8S. The first-order chi connectivity index (χ1) is 16.4. The summed E-state index contributed by atoms with van der Waals surface area (Å²) < 4.78 is 0. The van der Waals surface area contributed by atoms with Gasteiger partial charge < -0.3 is 31.3 Å². The molecule has 0 heterocycles. The summed E-state index contributed by atoms with van der Waals surface area (Å²) in [5.74, 6) is -7.67. The number of ketones is 2. The van der Waals surface area contributed by atoms with Crippen molar-refractivity contribution in [3.05, 3.63) is 46.2 Å². The average Bonchev–Trinajstić information content (AvgIpc) is 2.78. The molecule has 0 saturated heterocycles. The number of aromatic hydroxyl groups is 1. The number of amides is 1. The summed E-state index contributed by atoms with van der Waals surface area (Å²) in [7, 11) is 2.95. The van der Waals surface area contributed by atoms with Gasteiger partial charge in [0.05, 0.1) is 23.6 Å². The fourth-order valence-corrected chi connectivity index (χ4v) is 6.71. The molecule has 0 radical (unpaired) electrons. The quantitative estimate of drug-likeness (QED) is 0.304. The van der Waals surface area contributed by atoms with Crippen molar-refractivity contribution in [2.75, 3.05) is 25.6 Å². The van der Waals surface area contributed by atoms with Crippen LogP contribution in [-0.4, -0.2) is 91.3 Å². The number of phenolic OH excluding ortho intramolecular Hbond substituents is 1. The molecule has 3 aliphatic carbocycles. The number of thioether (sulfide) groups is 1. The number of aliphatic hydroxyl groups excluding tert-OH is 3. The zero-order valence-corrected chi connectivity index (χ0v) is 20.2. The lowest BCUT2D eigenvalue weighted by Gasteiger charge is -2.54. The Labute approximate surface area is 205 Å². The van der Waals surface area contributed by atoms with Crippen LogP contribution in [0.1, 0.15) is 24.0 Å². The van der Waals surface area contributed by atoms with E-state index in [4.69, 9.17) is 5.73 Å². The van der Waals surface area contributed by atoms with Gasteiger partial charge in [0.1, 0.15) is 22.8 Å². The van der Waals surface area contributed by atoms with Crippen LogP contribution in [0, 0.1) is 11.8 Å². The van der Waals surface area contributed by atoms with E-state index >= 15 is 0 Å². The predicted molar refractivity (Wildman–Crippen MR) is 128 cm³/mol. The molecule has 7 N–H and O–H groups in total. The predicted octanol–water partition coefficient (Wildman–Crippen LogP) is 0.229. The monoisotopic (exact) mass is 504 g/mol. The number of carbonyl (C=O) groups excluding carboxylic acids is 3. The van der Waals surface area contributed by atoms with Gasteiger partial charge in [-0.25, -0.2) is 0 Å². The maximum Gasteiger partial charge on any atom is 0.255 e. The molecule has 3 unspecified atom stereocenters. The normalized spacial score (nSPS) is 32.5. The number of hydrogen-bond donors (Lipinski definition) is 6. The van der Waals surface area contributed by atoms with Crippen molar-refractivity contribution in [2.24, 2.45) is 17.6 Å². The minimum absolute atomic E-state index is 0.00214. The number of phenols is 1. The number of primary amides is 1. The molecule has 0 aromatic heterocycles. The van der Waals surface area contributed by atoms with Crippen LogP contribution in [0.4, 0.5) is 0 Å². The maximum absolute atomic E-state index is 13.9. The average molecular weight is 505 g/mol. The minimum Gasteiger partial charge on any atom is -0.508 e. The third-order valence-electron chi connectivity index (χ3n) is 7.30. The maximum atomic E-state index is 13.9. The van der Waals surface area contributed by atoms with Gasteiger partial charge in [-0.2, -0.15) is 11.8 Å². The summed E-state index contributed by atoms with van der Waals surface area (Å²) in [6, 6.07) is 3.24. The smallest absolute Gasteiger partial charge is 0.255 e. The Morgan fingerprint density at radius 3 is 2.43 bits per heavy atom. The summed E-state index contributed by atoms with van der Waals surface area (Å²) in [4.78, 5) is 40.5. The lowest BCUT2D eigenvalue weighted by Crippen LogP contribution is -2.70. The lowest BCUT2D eigenvalue weighted by atomic mass is 9.54. The van der Waals surface area contributed by atoms with Gasteiger partial charge in [-0.05, 0) is 31.5 Å². The number of hydrogen-bond acceptors (Lipinski definition) is 10. The largest absolute Gasteiger partial charge is 0.508 e. The Bertz CT molecular complexity index is 1190. The van der Waals surface area contributed by atoms with E-state index in [2.05, 4.69) is 0 Å². The Balaban J connectivity index is 2.05. The first-order valence-corrected chi connectivity index (χ1v) is 12.3. The summed E-state index contributed by atoms with van der Waals surface area (Å²) in [5.41, 5.74) is 1.60. The number of likely N-dealkylation sites (N-methyl/N-ethyl adjacent to an activating group) is 1. The summed E-state index contributed by atoms with van der Waals surface area (Å²) in [6.07, 6.45) is -1.60. The van der Waals surface area contributed by atoms with Crippen LogP contribution < -0.4 is 5.73 Å². The van der Waals surface area contributed by atoms with Crippen molar-refractivity contribution < 1.29 is 39.9 Å². The van der Waals surface area contributed by atoms with E-state index in [0.717, 1.165) is 0 Å². The number of benzene rings is 1. The topological polar surface area (TPSA) is 182 Å². The van der Waals surface area contributed by atoms with Gasteiger partial charge in [0.15, 0.2) is 11.4 Å². The molecule has 10 nitrogen and oxygen atoms in total. The van der Waals surface area contributed by atoms with Crippen molar-refractivity contribution in [1.82, 2.24) is 4.90 Å². The van der Waals surface area contributed by atoms with E-state index in [1.54, 1.807) is 12.1 Å². The van der Waals surface area contributed by atoms with Crippen LogP contribution in [-0.2, 0) is 14.4 Å². The van der Waals surface area contributed by atoms with Gasteiger partial charge in [0.2, 0.25) is 5.78 Å². The molecule has 1 fully saturated rings. The second-order valence-corrected chi connectivity index (χ2v) is 10.6. The second kappa shape index (κ2) is 8.66. The number of fused-ring (bicyclic) bond motifs is 3. The fourth-order valence-electron chi connectivity index (χ4n) is 5.84. The van der Waals surface area contributed by atoms with E-state index in [9.17, 15) is 39.9 Å². The first-order valence-electron chi connectivity index (χ1n) is 11.1. The highest BCUT2D eigenvalue weighted by Gasteiger charge is 2.68. The molecule has 1 aromatic carbocycles. The lowest BCUT2D eigenvalue weighted by molar-refractivity contribution is -0.169. The Morgan fingerprint density at radius 2 is 1.86 bits per heavy atom. The zero-order valence-electron chi connectivity index (χ0n) is 19.4. The molecule has 35 heavy (non-hydrogen) atoms. The number of aliphatic hydroxyl groups is 4. The fraction of sp³-hybridized carbons (Fsp3) is 0.458.